The first-order valence-electron chi connectivity index (χ1n) is 7.66. The zero-order valence-corrected chi connectivity index (χ0v) is 13.6. The average Bonchev–Trinajstić information content (AvgIpc) is 2.40. The largest absolute Gasteiger partial charge is 0.458 e. The number of esters is 1. The van der Waals surface area contributed by atoms with Gasteiger partial charge in [0.25, 0.3) is 0 Å². The van der Waals surface area contributed by atoms with E-state index in [0.717, 1.165) is 12.8 Å². The predicted octanol–water partition coefficient (Wildman–Crippen LogP) is 1.82. The van der Waals surface area contributed by atoms with E-state index in [2.05, 4.69) is 13.8 Å². The lowest BCUT2D eigenvalue weighted by Gasteiger charge is -2.59. The fourth-order valence-electron chi connectivity index (χ4n) is 4.67. The van der Waals surface area contributed by atoms with Crippen LogP contribution in [0.15, 0.2) is 11.6 Å². The molecule has 0 aromatic carbocycles. The number of carbonyl (C=O) groups excluding carboxylic acids is 3. The van der Waals surface area contributed by atoms with Gasteiger partial charge in [-0.2, -0.15) is 0 Å². The van der Waals surface area contributed by atoms with Gasteiger partial charge in [-0.1, -0.05) is 27.2 Å². The van der Waals surface area contributed by atoms with Gasteiger partial charge in [0.1, 0.15) is 12.4 Å². The minimum atomic E-state index is -1.84. The van der Waals surface area contributed by atoms with Crippen LogP contribution in [-0.2, 0) is 19.1 Å². The van der Waals surface area contributed by atoms with Gasteiger partial charge in [-0.15, -0.1) is 0 Å². The van der Waals surface area contributed by atoms with E-state index < -0.39 is 23.1 Å². The molecule has 2 aliphatic rings. The minimum Gasteiger partial charge on any atom is -0.458 e. The average molecular weight is 308 g/mol. The highest BCUT2D eigenvalue weighted by molar-refractivity contribution is 5.88. The number of rotatable bonds is 3. The summed E-state index contributed by atoms with van der Waals surface area (Å²) in [5.74, 6) is -0.677. The first kappa shape index (κ1) is 16.9. The molecule has 1 unspecified atom stereocenters. The summed E-state index contributed by atoms with van der Waals surface area (Å²) in [5.41, 5.74) is -2.92. The number of hydrogen-bond donors (Lipinski definition) is 1. The van der Waals surface area contributed by atoms with Crippen LogP contribution in [-0.4, -0.2) is 35.4 Å². The molecular weight excluding hydrogens is 284 g/mol. The van der Waals surface area contributed by atoms with Crippen LogP contribution in [0.4, 0.5) is 0 Å². The van der Waals surface area contributed by atoms with Crippen LogP contribution in [0.5, 0.6) is 0 Å². The minimum absolute atomic E-state index is 0.00907. The van der Waals surface area contributed by atoms with Gasteiger partial charge in [0.15, 0.2) is 11.9 Å². The standard InChI is InChI=1S/C17H24O5/c1-11(20)22-13-8-12(9-18)17(21,10-19)16(4)7-5-6-15(2,3)14(13)16/h8-10,13-14,21H,5-7H2,1-4H3/t13-,14?,16+,17-/m1/s1. The zero-order chi connectivity index (χ0) is 16.8. The molecule has 4 atom stereocenters. The molecule has 0 heterocycles. The second-order valence-electron chi connectivity index (χ2n) is 7.44. The first-order chi connectivity index (χ1) is 10.1. The molecule has 0 bridgehead atoms. The van der Waals surface area contributed by atoms with E-state index in [1.165, 1.54) is 13.0 Å². The molecule has 1 saturated carbocycles. The molecule has 2 rings (SSSR count). The van der Waals surface area contributed by atoms with Crippen molar-refractivity contribution in [2.24, 2.45) is 16.7 Å². The highest BCUT2D eigenvalue weighted by atomic mass is 16.5. The van der Waals surface area contributed by atoms with Crippen LogP contribution < -0.4 is 0 Å². The predicted molar refractivity (Wildman–Crippen MR) is 79.9 cm³/mol. The summed E-state index contributed by atoms with van der Waals surface area (Å²) < 4.78 is 5.43. The van der Waals surface area contributed by atoms with Crippen LogP contribution in [0.25, 0.3) is 0 Å². The van der Waals surface area contributed by atoms with Gasteiger partial charge in [0.2, 0.25) is 0 Å². The van der Waals surface area contributed by atoms with Gasteiger partial charge >= 0.3 is 5.97 Å². The third-order valence-corrected chi connectivity index (χ3v) is 5.63. The third kappa shape index (κ3) is 2.22. The van der Waals surface area contributed by atoms with E-state index in [4.69, 9.17) is 4.74 Å². The monoisotopic (exact) mass is 308 g/mol. The summed E-state index contributed by atoms with van der Waals surface area (Å²) in [4.78, 5) is 34.6. The summed E-state index contributed by atoms with van der Waals surface area (Å²) in [7, 11) is 0. The van der Waals surface area contributed by atoms with Crippen molar-refractivity contribution in [2.75, 3.05) is 0 Å². The van der Waals surface area contributed by atoms with Crippen LogP contribution >= 0.6 is 0 Å². The Morgan fingerprint density at radius 2 is 1.95 bits per heavy atom. The van der Waals surface area contributed by atoms with Crippen molar-refractivity contribution in [3.8, 4) is 0 Å². The Morgan fingerprint density at radius 1 is 1.32 bits per heavy atom. The number of aldehydes is 2. The molecule has 0 amide bonds. The molecule has 22 heavy (non-hydrogen) atoms. The van der Waals surface area contributed by atoms with Crippen molar-refractivity contribution >= 4 is 18.5 Å². The van der Waals surface area contributed by atoms with Crippen molar-refractivity contribution in [1.82, 2.24) is 0 Å². The molecular formula is C17H24O5. The molecule has 0 aromatic rings. The number of carbonyl (C=O) groups is 3. The molecule has 0 saturated heterocycles. The van der Waals surface area contributed by atoms with Gasteiger partial charge in [-0.3, -0.25) is 14.4 Å². The molecule has 0 spiro atoms. The molecule has 0 aromatic heterocycles. The number of hydrogen-bond acceptors (Lipinski definition) is 5. The number of ether oxygens (including phenoxy) is 1. The fourth-order valence-corrected chi connectivity index (χ4v) is 4.67. The van der Waals surface area contributed by atoms with Crippen molar-refractivity contribution in [3.05, 3.63) is 11.6 Å². The van der Waals surface area contributed by atoms with Gasteiger partial charge in [-0.05, 0) is 24.3 Å². The summed E-state index contributed by atoms with van der Waals surface area (Å²) >= 11 is 0. The smallest absolute Gasteiger partial charge is 0.303 e. The highest BCUT2D eigenvalue weighted by Gasteiger charge is 2.64. The maximum atomic E-state index is 11.7. The third-order valence-electron chi connectivity index (χ3n) is 5.63. The van der Waals surface area contributed by atoms with Crippen molar-refractivity contribution < 1.29 is 24.2 Å². The summed E-state index contributed by atoms with van der Waals surface area (Å²) in [6.07, 6.45) is 4.14. The van der Waals surface area contributed by atoms with E-state index in [0.29, 0.717) is 19.0 Å². The lowest BCUT2D eigenvalue weighted by Crippen LogP contribution is -2.64. The summed E-state index contributed by atoms with van der Waals surface area (Å²) in [5, 5.41) is 11.0. The Bertz CT molecular complexity index is 535. The van der Waals surface area contributed by atoms with Crippen LogP contribution in [0.2, 0.25) is 0 Å². The van der Waals surface area contributed by atoms with Crippen molar-refractivity contribution in [1.29, 1.82) is 0 Å². The molecule has 0 radical (unpaired) electrons. The molecule has 122 valence electrons. The van der Waals surface area contributed by atoms with E-state index in [-0.39, 0.29) is 16.9 Å². The number of aliphatic hydroxyl groups is 1. The second kappa shape index (κ2) is 5.30. The first-order valence-corrected chi connectivity index (χ1v) is 7.66. The Kier molecular flexibility index (Phi) is 4.07. The summed E-state index contributed by atoms with van der Waals surface area (Å²) in [6, 6.07) is 0. The Labute approximate surface area is 130 Å². The normalized spacial score (nSPS) is 40.1. The Morgan fingerprint density at radius 3 is 2.45 bits per heavy atom. The molecule has 1 fully saturated rings. The van der Waals surface area contributed by atoms with Crippen LogP contribution in [0.1, 0.15) is 47.0 Å². The quantitative estimate of drug-likeness (QED) is 0.635. The Balaban J connectivity index is 2.67. The molecule has 0 aliphatic heterocycles. The molecule has 2 aliphatic carbocycles. The molecule has 5 heteroatoms. The van der Waals surface area contributed by atoms with E-state index in [1.54, 1.807) is 0 Å². The maximum absolute atomic E-state index is 11.7. The Hall–Kier alpha value is -1.49. The van der Waals surface area contributed by atoms with E-state index >= 15 is 0 Å². The van der Waals surface area contributed by atoms with E-state index in [1.807, 2.05) is 6.92 Å². The van der Waals surface area contributed by atoms with Crippen LogP contribution in [0, 0.1) is 16.7 Å². The second-order valence-corrected chi connectivity index (χ2v) is 7.44. The van der Waals surface area contributed by atoms with Crippen LogP contribution in [0.3, 0.4) is 0 Å². The topological polar surface area (TPSA) is 80.7 Å². The molecule has 1 N–H and O–H groups in total. The SMILES string of the molecule is CC(=O)O[C@@H]1C=C(C=O)[C@](O)(C=O)[C@@]2(C)CCCC(C)(C)C12. The number of fused-ring (bicyclic) bond motifs is 1. The van der Waals surface area contributed by atoms with Crippen molar-refractivity contribution in [3.63, 3.8) is 0 Å². The van der Waals surface area contributed by atoms with Crippen molar-refractivity contribution in [2.45, 2.75) is 58.7 Å². The maximum Gasteiger partial charge on any atom is 0.303 e. The molecule has 5 nitrogen and oxygen atoms in total. The lowest BCUT2D eigenvalue weighted by atomic mass is 9.46. The van der Waals surface area contributed by atoms with Gasteiger partial charge in [-0.25, -0.2) is 0 Å². The summed E-state index contributed by atoms with van der Waals surface area (Å²) in [6.45, 7) is 7.25. The fraction of sp³-hybridized carbons (Fsp3) is 0.706. The van der Waals surface area contributed by atoms with E-state index in [9.17, 15) is 19.5 Å². The van der Waals surface area contributed by atoms with Gasteiger partial charge in [0.05, 0.1) is 0 Å². The van der Waals surface area contributed by atoms with Gasteiger partial charge in [0, 0.05) is 23.8 Å². The zero-order valence-electron chi connectivity index (χ0n) is 13.6. The lowest BCUT2D eigenvalue weighted by molar-refractivity contribution is -0.186. The van der Waals surface area contributed by atoms with Gasteiger partial charge < -0.3 is 9.84 Å². The highest BCUT2D eigenvalue weighted by Crippen LogP contribution is 2.60.